The number of carbonyl (C=O) groups is 2. The Balaban J connectivity index is 1.34. The summed E-state index contributed by atoms with van der Waals surface area (Å²) in [5.74, 6) is 1.41. The van der Waals surface area contributed by atoms with Gasteiger partial charge in [-0.15, -0.1) is 0 Å². The van der Waals surface area contributed by atoms with Crippen LogP contribution in [0.3, 0.4) is 0 Å². The summed E-state index contributed by atoms with van der Waals surface area (Å²) in [7, 11) is 0. The number of piperazine rings is 1. The van der Waals surface area contributed by atoms with Gasteiger partial charge < -0.3 is 24.4 Å². The number of hydrogen-bond donors (Lipinski definition) is 1. The Morgan fingerprint density at radius 3 is 2.13 bits per heavy atom. The van der Waals surface area contributed by atoms with E-state index in [1.807, 2.05) is 25.1 Å². The fourth-order valence-electron chi connectivity index (χ4n) is 3.32. The smallest absolute Gasteiger partial charge is 0.226 e. The van der Waals surface area contributed by atoms with E-state index in [4.69, 9.17) is 9.47 Å². The van der Waals surface area contributed by atoms with Crippen molar-refractivity contribution < 1.29 is 24.2 Å². The van der Waals surface area contributed by atoms with Crippen LogP contribution in [-0.2, 0) is 9.59 Å². The van der Waals surface area contributed by atoms with Crippen molar-refractivity contribution in [3.8, 4) is 17.2 Å². The zero-order chi connectivity index (χ0) is 22.2. The molecule has 0 radical (unpaired) electrons. The highest BCUT2D eigenvalue weighted by Gasteiger charge is 2.23. The molecule has 0 saturated carbocycles. The Hall–Kier alpha value is -2.74. The fraction of sp³-hybridized carbons (Fsp3) is 0.391. The minimum atomic E-state index is -0.000179. The Bertz CT molecular complexity index is 913. The average Bonchev–Trinajstić information content (AvgIpc) is 2.75. The molecule has 1 aliphatic rings. The maximum Gasteiger partial charge on any atom is 0.226 e. The maximum absolute atomic E-state index is 12.5. The van der Waals surface area contributed by atoms with Crippen molar-refractivity contribution in [3.63, 3.8) is 0 Å². The van der Waals surface area contributed by atoms with E-state index < -0.39 is 0 Å². The summed E-state index contributed by atoms with van der Waals surface area (Å²) in [6, 6.07) is 12.3. The molecule has 1 aliphatic heterocycles. The van der Waals surface area contributed by atoms with E-state index >= 15 is 0 Å². The molecule has 1 heterocycles. The molecular formula is C23H27BrN2O5. The lowest BCUT2D eigenvalue weighted by Gasteiger charge is -2.35. The van der Waals surface area contributed by atoms with Crippen molar-refractivity contribution in [2.24, 2.45) is 0 Å². The molecule has 0 spiro atoms. The van der Waals surface area contributed by atoms with Gasteiger partial charge in [-0.1, -0.05) is 12.1 Å². The molecule has 1 fully saturated rings. The van der Waals surface area contributed by atoms with Crippen molar-refractivity contribution >= 4 is 27.7 Å². The standard InChI is InChI=1S/C23H27BrN2O5/c1-17-5-6-21(20(24)15-17)31-14-8-23(29)26-11-9-25(10-12-26)22(28)7-13-30-19-4-2-3-18(27)16-19/h2-6,15-16,27H,7-14H2,1H3. The number of ether oxygens (including phenoxy) is 2. The van der Waals surface area contributed by atoms with Crippen LogP contribution in [0.4, 0.5) is 0 Å². The Kier molecular flexibility index (Phi) is 8.17. The van der Waals surface area contributed by atoms with Crippen LogP contribution in [0.2, 0.25) is 0 Å². The number of rotatable bonds is 8. The van der Waals surface area contributed by atoms with E-state index in [9.17, 15) is 14.7 Å². The first-order valence-corrected chi connectivity index (χ1v) is 11.1. The minimum absolute atomic E-state index is 0.000179. The topological polar surface area (TPSA) is 79.3 Å². The van der Waals surface area contributed by atoms with Crippen LogP contribution in [-0.4, -0.2) is 66.1 Å². The Morgan fingerprint density at radius 2 is 1.55 bits per heavy atom. The monoisotopic (exact) mass is 490 g/mol. The number of nitrogens with zero attached hydrogens (tertiary/aromatic N) is 2. The van der Waals surface area contributed by atoms with Crippen LogP contribution in [0.25, 0.3) is 0 Å². The Morgan fingerprint density at radius 1 is 0.935 bits per heavy atom. The largest absolute Gasteiger partial charge is 0.508 e. The summed E-state index contributed by atoms with van der Waals surface area (Å²) in [6.45, 7) is 4.63. The van der Waals surface area contributed by atoms with Crippen LogP contribution < -0.4 is 9.47 Å². The predicted octanol–water partition coefficient (Wildman–Crippen LogP) is 3.37. The van der Waals surface area contributed by atoms with Crippen LogP contribution in [0.1, 0.15) is 18.4 Å². The summed E-state index contributed by atoms with van der Waals surface area (Å²) in [6.07, 6.45) is 0.550. The van der Waals surface area contributed by atoms with Crippen molar-refractivity contribution in [2.45, 2.75) is 19.8 Å². The molecular weight excluding hydrogens is 464 g/mol. The van der Waals surface area contributed by atoms with Gasteiger partial charge in [-0.05, 0) is 52.7 Å². The lowest BCUT2D eigenvalue weighted by atomic mass is 10.2. The molecule has 1 saturated heterocycles. The number of carbonyl (C=O) groups excluding carboxylic acids is 2. The van der Waals surface area contributed by atoms with Gasteiger partial charge in [0.1, 0.15) is 17.2 Å². The molecule has 8 heteroatoms. The molecule has 0 unspecified atom stereocenters. The van der Waals surface area contributed by atoms with Gasteiger partial charge >= 0.3 is 0 Å². The second kappa shape index (κ2) is 11.0. The van der Waals surface area contributed by atoms with Crippen LogP contribution in [0.15, 0.2) is 46.9 Å². The van der Waals surface area contributed by atoms with Crippen molar-refractivity contribution in [2.75, 3.05) is 39.4 Å². The fourth-order valence-corrected chi connectivity index (χ4v) is 3.93. The number of phenolic OH excluding ortho intramolecular Hbond substituents is 1. The van der Waals surface area contributed by atoms with E-state index in [2.05, 4.69) is 15.9 Å². The first-order chi connectivity index (χ1) is 14.9. The van der Waals surface area contributed by atoms with Gasteiger partial charge in [-0.2, -0.15) is 0 Å². The van der Waals surface area contributed by atoms with E-state index in [1.54, 1.807) is 28.0 Å². The average molecular weight is 491 g/mol. The summed E-state index contributed by atoms with van der Waals surface area (Å²) < 4.78 is 12.1. The van der Waals surface area contributed by atoms with Gasteiger partial charge in [0.05, 0.1) is 30.5 Å². The quantitative estimate of drug-likeness (QED) is 0.613. The Labute approximate surface area is 190 Å². The van der Waals surface area contributed by atoms with Crippen molar-refractivity contribution in [3.05, 3.63) is 52.5 Å². The van der Waals surface area contributed by atoms with Gasteiger partial charge in [0.15, 0.2) is 0 Å². The lowest BCUT2D eigenvalue weighted by Crippen LogP contribution is -2.51. The third kappa shape index (κ3) is 6.89. The van der Waals surface area contributed by atoms with Crippen LogP contribution in [0, 0.1) is 6.92 Å². The molecule has 0 atom stereocenters. The molecule has 31 heavy (non-hydrogen) atoms. The zero-order valence-electron chi connectivity index (χ0n) is 17.6. The predicted molar refractivity (Wildman–Crippen MR) is 120 cm³/mol. The molecule has 2 amide bonds. The number of halogens is 1. The third-order valence-corrected chi connectivity index (χ3v) is 5.67. The molecule has 1 N–H and O–H groups in total. The van der Waals surface area contributed by atoms with Gasteiger partial charge in [0.2, 0.25) is 11.8 Å². The van der Waals surface area contributed by atoms with Crippen molar-refractivity contribution in [1.82, 2.24) is 9.80 Å². The van der Waals surface area contributed by atoms with E-state index in [0.29, 0.717) is 45.0 Å². The normalized spacial score (nSPS) is 13.7. The molecule has 166 valence electrons. The number of hydrogen-bond acceptors (Lipinski definition) is 5. The summed E-state index contributed by atoms with van der Waals surface area (Å²) in [5.41, 5.74) is 1.13. The minimum Gasteiger partial charge on any atom is -0.508 e. The second-order valence-electron chi connectivity index (χ2n) is 7.39. The van der Waals surface area contributed by atoms with Crippen LogP contribution in [0.5, 0.6) is 17.2 Å². The van der Waals surface area contributed by atoms with Gasteiger partial charge in [0, 0.05) is 32.2 Å². The zero-order valence-corrected chi connectivity index (χ0v) is 19.1. The SMILES string of the molecule is Cc1ccc(OCCC(=O)N2CCN(C(=O)CCOc3cccc(O)c3)CC2)c(Br)c1. The lowest BCUT2D eigenvalue weighted by molar-refractivity contribution is -0.140. The summed E-state index contributed by atoms with van der Waals surface area (Å²) in [5, 5.41) is 9.43. The molecule has 3 rings (SSSR count). The van der Waals surface area contributed by atoms with Gasteiger partial charge in [-0.3, -0.25) is 9.59 Å². The summed E-state index contributed by atoms with van der Waals surface area (Å²) in [4.78, 5) is 28.4. The number of amides is 2. The number of aryl methyl sites for hydroxylation is 1. The number of benzene rings is 2. The molecule has 0 bridgehead atoms. The molecule has 2 aromatic rings. The van der Waals surface area contributed by atoms with Crippen LogP contribution >= 0.6 is 15.9 Å². The number of aromatic hydroxyl groups is 1. The van der Waals surface area contributed by atoms with E-state index in [-0.39, 0.29) is 30.6 Å². The first kappa shape index (κ1) is 22.9. The number of phenols is 1. The second-order valence-corrected chi connectivity index (χ2v) is 8.24. The maximum atomic E-state index is 12.5. The van der Waals surface area contributed by atoms with E-state index in [0.717, 1.165) is 15.8 Å². The van der Waals surface area contributed by atoms with Gasteiger partial charge in [0.25, 0.3) is 0 Å². The highest BCUT2D eigenvalue weighted by atomic mass is 79.9. The van der Waals surface area contributed by atoms with Crippen molar-refractivity contribution in [1.29, 1.82) is 0 Å². The molecule has 2 aromatic carbocycles. The highest BCUT2D eigenvalue weighted by molar-refractivity contribution is 9.10. The highest BCUT2D eigenvalue weighted by Crippen LogP contribution is 2.25. The molecule has 7 nitrogen and oxygen atoms in total. The summed E-state index contributed by atoms with van der Waals surface area (Å²) >= 11 is 3.47. The first-order valence-electron chi connectivity index (χ1n) is 10.3. The third-order valence-electron chi connectivity index (χ3n) is 5.05. The molecule has 0 aliphatic carbocycles. The van der Waals surface area contributed by atoms with Gasteiger partial charge in [-0.25, -0.2) is 0 Å². The van der Waals surface area contributed by atoms with E-state index in [1.165, 1.54) is 6.07 Å². The molecule has 0 aromatic heterocycles.